The predicted molar refractivity (Wildman–Crippen MR) is 96.3 cm³/mol. The number of halogens is 2. The number of benzene rings is 1. The molecule has 3 N–H and O–H groups in total. The van der Waals surface area contributed by atoms with Gasteiger partial charge in [0.25, 0.3) is 0 Å². The number of ether oxygens (including phenoxy) is 1. The zero-order chi connectivity index (χ0) is 14.3. The molecule has 0 heterocycles. The molecule has 0 saturated heterocycles. The molecule has 1 aromatic carbocycles. The van der Waals surface area contributed by atoms with Crippen LogP contribution in [0.5, 0.6) is 5.75 Å². The van der Waals surface area contributed by atoms with Gasteiger partial charge in [-0.15, -0.1) is 24.0 Å². The first kappa shape index (κ1) is 19.1. The lowest BCUT2D eigenvalue weighted by Crippen LogP contribution is -2.33. The number of nitrogens with two attached hydrogens (primary N) is 1. The van der Waals surface area contributed by atoms with E-state index in [4.69, 9.17) is 22.1 Å². The van der Waals surface area contributed by atoms with Crippen molar-refractivity contribution >= 4 is 41.5 Å². The smallest absolute Gasteiger partial charge is 0.188 e. The monoisotopic (exact) mass is 409 g/mol. The second-order valence-corrected chi connectivity index (χ2v) is 4.86. The van der Waals surface area contributed by atoms with E-state index >= 15 is 0 Å². The highest BCUT2D eigenvalue weighted by molar-refractivity contribution is 14.0. The van der Waals surface area contributed by atoms with Crippen LogP contribution in [0, 0.1) is 0 Å². The lowest BCUT2D eigenvalue weighted by molar-refractivity contribution is 0.230. The van der Waals surface area contributed by atoms with Crippen LogP contribution in [0.25, 0.3) is 0 Å². The molecular formula is C14H21ClIN3O. The average Bonchev–Trinajstić information content (AvgIpc) is 2.36. The Bertz CT molecular complexity index is 448. The molecular weight excluding hydrogens is 389 g/mol. The molecule has 4 nitrogen and oxygen atoms in total. The summed E-state index contributed by atoms with van der Waals surface area (Å²) in [6.45, 7) is 8.75. The third kappa shape index (κ3) is 8.27. The predicted octanol–water partition coefficient (Wildman–Crippen LogP) is 3.21. The van der Waals surface area contributed by atoms with Crippen LogP contribution in [0.1, 0.15) is 13.8 Å². The van der Waals surface area contributed by atoms with E-state index in [1.165, 1.54) is 0 Å². The third-order valence-corrected chi connectivity index (χ3v) is 2.49. The second-order valence-electron chi connectivity index (χ2n) is 4.42. The number of hydrogen-bond acceptors (Lipinski definition) is 2. The highest BCUT2D eigenvalue weighted by Gasteiger charge is 2.03. The highest BCUT2D eigenvalue weighted by atomic mass is 127. The van der Waals surface area contributed by atoms with E-state index in [0.717, 1.165) is 11.3 Å². The number of rotatable bonds is 6. The molecule has 0 amide bonds. The largest absolute Gasteiger partial charge is 0.489 e. The number of hydrogen-bond donors (Lipinski definition) is 2. The molecule has 20 heavy (non-hydrogen) atoms. The Morgan fingerprint density at radius 3 is 2.60 bits per heavy atom. The zero-order valence-electron chi connectivity index (χ0n) is 11.7. The van der Waals surface area contributed by atoms with E-state index < -0.39 is 0 Å². The molecule has 1 rings (SSSR count). The maximum Gasteiger partial charge on any atom is 0.188 e. The minimum Gasteiger partial charge on any atom is -0.489 e. The first-order valence-corrected chi connectivity index (χ1v) is 6.45. The van der Waals surface area contributed by atoms with Crippen LogP contribution in [0.4, 0.5) is 0 Å². The zero-order valence-corrected chi connectivity index (χ0v) is 14.8. The van der Waals surface area contributed by atoms with Gasteiger partial charge in [0.15, 0.2) is 5.96 Å². The molecule has 0 spiro atoms. The van der Waals surface area contributed by atoms with Gasteiger partial charge in [-0.3, -0.25) is 0 Å². The van der Waals surface area contributed by atoms with Crippen LogP contribution in [-0.2, 0) is 0 Å². The summed E-state index contributed by atoms with van der Waals surface area (Å²) in [5, 5.41) is 3.65. The van der Waals surface area contributed by atoms with Gasteiger partial charge in [0.1, 0.15) is 11.9 Å². The molecule has 0 radical (unpaired) electrons. The van der Waals surface area contributed by atoms with Crippen LogP contribution in [0.15, 0.2) is 41.4 Å². The first-order chi connectivity index (χ1) is 8.97. The van der Waals surface area contributed by atoms with Gasteiger partial charge in [-0.05, 0) is 38.1 Å². The van der Waals surface area contributed by atoms with E-state index in [1.54, 1.807) is 12.1 Å². The molecule has 1 aromatic rings. The van der Waals surface area contributed by atoms with Crippen molar-refractivity contribution in [2.45, 2.75) is 20.0 Å². The van der Waals surface area contributed by atoms with Crippen LogP contribution < -0.4 is 15.8 Å². The van der Waals surface area contributed by atoms with Gasteiger partial charge in [-0.1, -0.05) is 23.8 Å². The number of nitrogens with zero attached hydrogens (tertiary/aromatic N) is 1. The van der Waals surface area contributed by atoms with Crippen molar-refractivity contribution < 1.29 is 4.74 Å². The van der Waals surface area contributed by atoms with E-state index in [2.05, 4.69) is 16.9 Å². The van der Waals surface area contributed by atoms with E-state index in [1.807, 2.05) is 26.0 Å². The van der Waals surface area contributed by atoms with E-state index in [-0.39, 0.29) is 30.1 Å². The normalized spacial score (nSPS) is 12.2. The minimum atomic E-state index is -0.0636. The molecule has 6 heteroatoms. The Kier molecular flexibility index (Phi) is 9.41. The van der Waals surface area contributed by atoms with Crippen molar-refractivity contribution in [2.75, 3.05) is 13.1 Å². The second kappa shape index (κ2) is 9.88. The molecule has 0 aliphatic heterocycles. The number of aliphatic imine (C=N–C) groups is 1. The molecule has 0 saturated carbocycles. The SMILES string of the molecule is C=C(C)CNC(N)=NCC(C)Oc1ccc(Cl)cc1.I. The van der Waals surface area contributed by atoms with E-state index in [9.17, 15) is 0 Å². The van der Waals surface area contributed by atoms with Crippen molar-refractivity contribution in [3.8, 4) is 5.75 Å². The maximum absolute atomic E-state index is 5.80. The summed E-state index contributed by atoms with van der Waals surface area (Å²) in [6, 6.07) is 7.22. The van der Waals surface area contributed by atoms with Crippen molar-refractivity contribution in [3.63, 3.8) is 0 Å². The fourth-order valence-corrected chi connectivity index (χ4v) is 1.43. The lowest BCUT2D eigenvalue weighted by Gasteiger charge is -2.13. The van der Waals surface area contributed by atoms with Crippen LogP contribution in [0.3, 0.4) is 0 Å². The summed E-state index contributed by atoms with van der Waals surface area (Å²) in [5.41, 5.74) is 6.71. The topological polar surface area (TPSA) is 59.6 Å². The lowest BCUT2D eigenvalue weighted by atomic mass is 10.3. The summed E-state index contributed by atoms with van der Waals surface area (Å²) >= 11 is 5.80. The molecule has 0 aromatic heterocycles. The quantitative estimate of drug-likeness (QED) is 0.328. The van der Waals surface area contributed by atoms with Crippen LogP contribution >= 0.6 is 35.6 Å². The Morgan fingerprint density at radius 2 is 2.05 bits per heavy atom. The van der Waals surface area contributed by atoms with Gasteiger partial charge >= 0.3 is 0 Å². The average molecular weight is 410 g/mol. The minimum absolute atomic E-state index is 0. The third-order valence-electron chi connectivity index (χ3n) is 2.24. The van der Waals surface area contributed by atoms with E-state index in [0.29, 0.717) is 24.1 Å². The molecule has 112 valence electrons. The summed E-state index contributed by atoms with van der Waals surface area (Å²) in [4.78, 5) is 4.20. The molecule has 0 aliphatic carbocycles. The van der Waals surface area contributed by atoms with Crippen molar-refractivity contribution in [3.05, 3.63) is 41.4 Å². The number of nitrogens with one attached hydrogen (secondary N) is 1. The van der Waals surface area contributed by atoms with Crippen molar-refractivity contribution in [1.82, 2.24) is 5.32 Å². The summed E-state index contributed by atoms with van der Waals surface area (Å²) in [5.74, 6) is 1.16. The summed E-state index contributed by atoms with van der Waals surface area (Å²) < 4.78 is 5.68. The molecule has 0 bridgehead atoms. The van der Waals surface area contributed by atoms with Crippen LogP contribution in [-0.4, -0.2) is 25.2 Å². The fraction of sp³-hybridized carbons (Fsp3) is 0.357. The maximum atomic E-state index is 5.80. The first-order valence-electron chi connectivity index (χ1n) is 6.07. The molecule has 0 aliphatic rings. The van der Waals surface area contributed by atoms with Gasteiger partial charge in [0.05, 0.1) is 6.54 Å². The van der Waals surface area contributed by atoms with Gasteiger partial charge in [0, 0.05) is 11.6 Å². The number of guanidine groups is 1. The van der Waals surface area contributed by atoms with Crippen molar-refractivity contribution in [1.29, 1.82) is 0 Å². The Morgan fingerprint density at radius 1 is 1.45 bits per heavy atom. The fourth-order valence-electron chi connectivity index (χ4n) is 1.31. The molecule has 1 unspecified atom stereocenters. The summed E-state index contributed by atoms with van der Waals surface area (Å²) in [6.07, 6.45) is -0.0636. The summed E-state index contributed by atoms with van der Waals surface area (Å²) in [7, 11) is 0. The molecule has 0 fully saturated rings. The Hall–Kier alpha value is -0.950. The Balaban J connectivity index is 0.00000361. The van der Waals surface area contributed by atoms with Gasteiger partial charge in [0.2, 0.25) is 0 Å². The van der Waals surface area contributed by atoms with Crippen LogP contribution in [0.2, 0.25) is 5.02 Å². The van der Waals surface area contributed by atoms with Gasteiger partial charge in [-0.25, -0.2) is 4.99 Å². The van der Waals surface area contributed by atoms with Gasteiger partial charge < -0.3 is 15.8 Å². The highest BCUT2D eigenvalue weighted by Crippen LogP contribution is 2.16. The van der Waals surface area contributed by atoms with Gasteiger partial charge in [-0.2, -0.15) is 0 Å². The Labute approximate surface area is 142 Å². The standard InChI is InChI=1S/C14H20ClN3O.HI/c1-10(2)8-17-14(16)18-9-11(3)19-13-6-4-12(15)5-7-13;/h4-7,11H,1,8-9H2,2-3H3,(H3,16,17,18);1H. The molecule has 1 atom stereocenters. The van der Waals surface area contributed by atoms with Crippen molar-refractivity contribution in [2.24, 2.45) is 10.7 Å².